The first-order valence-corrected chi connectivity index (χ1v) is 7.59. The van der Waals surface area contributed by atoms with Crippen LogP contribution in [0.3, 0.4) is 0 Å². The fourth-order valence-electron chi connectivity index (χ4n) is 2.43. The summed E-state index contributed by atoms with van der Waals surface area (Å²) in [4.78, 5) is 15.3. The Morgan fingerprint density at radius 2 is 1.75 bits per heavy atom. The van der Waals surface area contributed by atoms with Gasteiger partial charge in [0.2, 0.25) is 0 Å². The molecule has 2 heteroatoms. The van der Waals surface area contributed by atoms with E-state index < -0.39 is 0 Å². The highest BCUT2D eigenvalue weighted by atomic mass is 16.1. The summed E-state index contributed by atoms with van der Waals surface area (Å²) in [5, 5.41) is 0.0457. The van der Waals surface area contributed by atoms with E-state index in [-0.39, 0.29) is 40.5 Å². The number of aryl methyl sites for hydroxylation is 1. The number of benzene rings is 1. The maximum Gasteiger partial charge on any atom is 0.189 e. The van der Waals surface area contributed by atoms with E-state index in [1.165, 1.54) is 38.2 Å². The topological polar surface area (TPSA) is 32.9 Å². The molecule has 0 aliphatic carbocycles. The van der Waals surface area contributed by atoms with Gasteiger partial charge >= 0.3 is 0 Å². The van der Waals surface area contributed by atoms with E-state index in [0.717, 1.165) is 25.0 Å². The Labute approximate surface area is 126 Å². The first-order chi connectivity index (χ1) is 11.5. The number of hydrogen-bond donors (Lipinski definition) is 1. The Bertz CT molecular complexity index is 770. The predicted octanol–water partition coefficient (Wildman–Crippen LogP) is 4.82. The summed E-state index contributed by atoms with van der Waals surface area (Å²) in [6, 6.07) is 0.355. The zero-order valence-corrected chi connectivity index (χ0v) is 12.1. The van der Waals surface area contributed by atoms with Gasteiger partial charge in [0.25, 0.3) is 0 Å². The van der Waals surface area contributed by atoms with E-state index in [4.69, 9.17) is 5.48 Å². The Balaban J connectivity index is 2.12. The summed E-state index contributed by atoms with van der Waals surface area (Å²) >= 11 is 0. The van der Waals surface area contributed by atoms with E-state index in [1.54, 1.807) is 0 Å². The Morgan fingerprint density at radius 3 is 2.55 bits per heavy atom. The van der Waals surface area contributed by atoms with E-state index in [1.807, 2.05) is 0 Å². The minimum Gasteiger partial charge on any atom is -0.358 e. The van der Waals surface area contributed by atoms with Crippen molar-refractivity contribution in [3.63, 3.8) is 0 Å². The van der Waals surface area contributed by atoms with Gasteiger partial charge in [-0.05, 0) is 24.9 Å². The summed E-state index contributed by atoms with van der Waals surface area (Å²) in [6.45, 7) is 2.20. The number of pyridine rings is 1. The van der Waals surface area contributed by atoms with Crippen LogP contribution in [0.4, 0.5) is 0 Å². The summed E-state index contributed by atoms with van der Waals surface area (Å²) in [5.74, 6) is 0. The van der Waals surface area contributed by atoms with Gasteiger partial charge in [-0.25, -0.2) is 0 Å². The molecule has 0 saturated carbocycles. The second-order valence-corrected chi connectivity index (χ2v) is 5.28. The van der Waals surface area contributed by atoms with Crippen LogP contribution in [0.15, 0.2) is 35.0 Å². The number of nitrogens with one attached hydrogen (secondary N) is 1. The molecule has 0 unspecified atom stereocenters. The number of para-hydroxylation sites is 1. The van der Waals surface area contributed by atoms with Crippen molar-refractivity contribution in [2.45, 2.75) is 58.3 Å². The lowest BCUT2D eigenvalue weighted by Crippen LogP contribution is -2.05. The molecule has 1 aromatic carbocycles. The molecule has 108 valence electrons. The van der Waals surface area contributed by atoms with Gasteiger partial charge in [0.1, 0.15) is 0 Å². The zero-order chi connectivity index (χ0) is 17.7. The van der Waals surface area contributed by atoms with Crippen LogP contribution in [0.5, 0.6) is 0 Å². The molecule has 2 nitrogen and oxygen atoms in total. The minimum atomic E-state index is -0.363. The van der Waals surface area contributed by atoms with Crippen LogP contribution in [-0.2, 0) is 6.42 Å². The monoisotopic (exact) mass is 275 g/mol. The molecule has 2 aromatic rings. The van der Waals surface area contributed by atoms with Crippen molar-refractivity contribution >= 4 is 10.9 Å². The quantitative estimate of drug-likeness (QED) is 0.688. The first-order valence-electron chi connectivity index (χ1n) is 9.59. The number of hydrogen-bond acceptors (Lipinski definition) is 1. The molecule has 0 aliphatic rings. The van der Waals surface area contributed by atoms with Crippen LogP contribution in [0, 0.1) is 0 Å². The lowest BCUT2D eigenvalue weighted by molar-refractivity contribution is 0.587. The molecule has 0 fully saturated rings. The highest BCUT2D eigenvalue weighted by Crippen LogP contribution is 2.11. The van der Waals surface area contributed by atoms with Gasteiger partial charge in [-0.15, -0.1) is 0 Å². The summed E-state index contributed by atoms with van der Waals surface area (Å²) in [6.07, 6.45) is 9.04. The molecule has 0 aliphatic heterocycles. The second-order valence-electron chi connectivity index (χ2n) is 5.28. The fraction of sp³-hybridized carbons (Fsp3) is 0.500. The number of fused-ring (bicyclic) bond motifs is 1. The average molecular weight is 275 g/mol. The van der Waals surface area contributed by atoms with Crippen LogP contribution < -0.4 is 5.43 Å². The largest absolute Gasteiger partial charge is 0.358 e. The molecule has 0 bridgehead atoms. The van der Waals surface area contributed by atoms with Crippen molar-refractivity contribution in [3.8, 4) is 0 Å². The Hall–Kier alpha value is -1.57. The van der Waals surface area contributed by atoms with Crippen LogP contribution in [-0.4, -0.2) is 4.98 Å². The molecule has 1 heterocycles. The van der Waals surface area contributed by atoms with Crippen molar-refractivity contribution in [2.24, 2.45) is 0 Å². The molecule has 1 N–H and O–H groups in total. The highest BCUT2D eigenvalue weighted by Gasteiger charge is 2.01. The van der Waals surface area contributed by atoms with Crippen LogP contribution in [0.2, 0.25) is 0 Å². The number of H-pyrrole nitrogens is 1. The SMILES string of the molecule is [2H]c1c([2H])c([2H])c2c(=O)cc(CCCCCCCCC)[nH]c2c1[2H]. The van der Waals surface area contributed by atoms with Crippen molar-refractivity contribution in [3.05, 3.63) is 46.2 Å². The van der Waals surface area contributed by atoms with Gasteiger partial charge < -0.3 is 4.98 Å². The molecular formula is C18H25NO. The molecule has 0 radical (unpaired) electrons. The third-order valence-electron chi connectivity index (χ3n) is 3.57. The van der Waals surface area contributed by atoms with Crippen LogP contribution in [0.25, 0.3) is 10.9 Å². The normalized spacial score (nSPS) is 13.8. The lowest BCUT2D eigenvalue weighted by atomic mass is 10.1. The summed E-state index contributed by atoms with van der Waals surface area (Å²) in [5.41, 5.74) is 0.617. The lowest BCUT2D eigenvalue weighted by Gasteiger charge is -2.04. The Kier molecular flexibility index (Phi) is 4.02. The first kappa shape index (κ1) is 10.2. The van der Waals surface area contributed by atoms with Gasteiger partial charge in [-0.1, -0.05) is 57.5 Å². The van der Waals surface area contributed by atoms with Crippen molar-refractivity contribution in [1.29, 1.82) is 0 Å². The fourth-order valence-corrected chi connectivity index (χ4v) is 2.43. The summed E-state index contributed by atoms with van der Waals surface area (Å²) in [7, 11) is 0. The zero-order valence-electron chi connectivity index (χ0n) is 16.1. The van der Waals surface area contributed by atoms with Crippen LogP contribution in [0.1, 0.15) is 63.0 Å². The molecule has 0 atom stereocenters. The molecule has 1 aromatic heterocycles. The Morgan fingerprint density at radius 1 is 1.05 bits per heavy atom. The molecular weight excluding hydrogens is 246 g/mol. The third-order valence-corrected chi connectivity index (χ3v) is 3.57. The van der Waals surface area contributed by atoms with Gasteiger partial charge in [0, 0.05) is 22.7 Å². The molecule has 0 spiro atoms. The van der Waals surface area contributed by atoms with Gasteiger partial charge in [-0.2, -0.15) is 0 Å². The highest BCUT2D eigenvalue weighted by molar-refractivity contribution is 5.78. The van der Waals surface area contributed by atoms with Crippen molar-refractivity contribution in [1.82, 2.24) is 4.98 Å². The maximum atomic E-state index is 12.3. The molecule has 20 heavy (non-hydrogen) atoms. The van der Waals surface area contributed by atoms with Crippen LogP contribution >= 0.6 is 0 Å². The van der Waals surface area contributed by atoms with E-state index in [0.29, 0.717) is 0 Å². The standard InChI is InChI=1S/C18H25NO/c1-2-3-4-5-6-7-8-11-15-14-18(20)16-12-9-10-13-17(16)19-15/h9-10,12-14H,2-8,11H2,1H3,(H,19,20)/i9D,10D,12D,13D. The van der Waals surface area contributed by atoms with E-state index >= 15 is 0 Å². The smallest absolute Gasteiger partial charge is 0.189 e. The van der Waals surface area contributed by atoms with Gasteiger partial charge in [0.15, 0.2) is 5.43 Å². The minimum absolute atomic E-state index is 0.0457. The number of aromatic nitrogens is 1. The maximum absolute atomic E-state index is 12.3. The molecule has 0 saturated heterocycles. The number of aromatic amines is 1. The summed E-state index contributed by atoms with van der Waals surface area (Å²) < 4.78 is 31.3. The van der Waals surface area contributed by atoms with E-state index in [2.05, 4.69) is 11.9 Å². The number of rotatable bonds is 8. The van der Waals surface area contributed by atoms with Gasteiger partial charge in [0.05, 0.1) is 5.48 Å². The number of unbranched alkanes of at least 4 members (excludes halogenated alkanes) is 6. The average Bonchev–Trinajstić information content (AvgIpc) is 2.56. The predicted molar refractivity (Wildman–Crippen MR) is 86.3 cm³/mol. The molecule has 2 rings (SSSR count). The second kappa shape index (κ2) is 7.88. The van der Waals surface area contributed by atoms with E-state index in [9.17, 15) is 4.79 Å². The van der Waals surface area contributed by atoms with Crippen molar-refractivity contribution < 1.29 is 5.48 Å². The van der Waals surface area contributed by atoms with Gasteiger partial charge in [-0.3, -0.25) is 4.79 Å². The van der Waals surface area contributed by atoms with Crippen molar-refractivity contribution in [2.75, 3.05) is 0 Å². The third kappa shape index (κ3) is 4.22. The molecule has 0 amide bonds.